The largest absolute Gasteiger partial charge is 0.320 e. The van der Waals surface area contributed by atoms with Gasteiger partial charge >= 0.3 is 0 Å². The Kier molecular flexibility index (Phi) is 8.12. The van der Waals surface area contributed by atoms with Gasteiger partial charge < -0.3 is 5.32 Å². The zero-order valence-corrected chi connectivity index (χ0v) is 22.4. The molecule has 188 valence electrons. The number of hydrogen-bond acceptors (Lipinski definition) is 6. The SMILES string of the molecule is Cc1ccc(NC(=O)c2csc(C3CCC(C(=O)CSc4ccccn4)CC3)n2)c(-c2ccccc2)c1. The van der Waals surface area contributed by atoms with E-state index < -0.39 is 0 Å². The van der Waals surface area contributed by atoms with Crippen molar-refractivity contribution in [3.05, 3.63) is 94.6 Å². The van der Waals surface area contributed by atoms with E-state index in [0.717, 1.165) is 58.1 Å². The molecule has 1 aliphatic rings. The zero-order chi connectivity index (χ0) is 25.6. The summed E-state index contributed by atoms with van der Waals surface area (Å²) >= 11 is 3.06. The van der Waals surface area contributed by atoms with Crippen LogP contribution in [0, 0.1) is 12.8 Å². The summed E-state index contributed by atoms with van der Waals surface area (Å²) in [6, 6.07) is 21.9. The van der Waals surface area contributed by atoms with Gasteiger partial charge in [0.05, 0.1) is 15.8 Å². The minimum absolute atomic E-state index is 0.105. The van der Waals surface area contributed by atoms with Crippen molar-refractivity contribution < 1.29 is 9.59 Å². The molecule has 1 N–H and O–H groups in total. The molecular formula is C30H29N3O2S2. The van der Waals surface area contributed by atoms with Gasteiger partial charge in [-0.15, -0.1) is 11.3 Å². The number of nitrogens with zero attached hydrogens (tertiary/aromatic N) is 2. The van der Waals surface area contributed by atoms with Crippen molar-refractivity contribution in [1.29, 1.82) is 0 Å². The fourth-order valence-electron chi connectivity index (χ4n) is 4.75. The predicted molar refractivity (Wildman–Crippen MR) is 151 cm³/mol. The lowest BCUT2D eigenvalue weighted by Gasteiger charge is -2.26. The van der Waals surface area contributed by atoms with E-state index in [1.807, 2.05) is 73.0 Å². The molecule has 2 aromatic carbocycles. The van der Waals surface area contributed by atoms with Crippen molar-refractivity contribution in [2.75, 3.05) is 11.1 Å². The molecule has 0 bridgehead atoms. The van der Waals surface area contributed by atoms with Crippen LogP contribution in [0.2, 0.25) is 0 Å². The number of rotatable bonds is 8. The molecule has 7 heteroatoms. The molecule has 1 amide bonds. The van der Waals surface area contributed by atoms with Gasteiger partial charge in [0.2, 0.25) is 0 Å². The molecule has 5 rings (SSSR count). The monoisotopic (exact) mass is 527 g/mol. The highest BCUT2D eigenvalue weighted by molar-refractivity contribution is 7.99. The van der Waals surface area contributed by atoms with Crippen molar-refractivity contribution in [3.63, 3.8) is 0 Å². The molecule has 0 unspecified atom stereocenters. The number of aryl methyl sites for hydroxylation is 1. The lowest BCUT2D eigenvalue weighted by Crippen LogP contribution is -2.22. The van der Waals surface area contributed by atoms with E-state index in [4.69, 9.17) is 4.98 Å². The molecule has 4 aromatic rings. The van der Waals surface area contributed by atoms with Gasteiger partial charge in [-0.05, 0) is 62.4 Å². The maximum Gasteiger partial charge on any atom is 0.275 e. The average Bonchev–Trinajstić information content (AvgIpc) is 3.44. The van der Waals surface area contributed by atoms with Gasteiger partial charge in [-0.3, -0.25) is 9.59 Å². The number of thiazole rings is 1. The third-order valence-electron chi connectivity index (χ3n) is 6.79. The summed E-state index contributed by atoms with van der Waals surface area (Å²) in [6.07, 6.45) is 5.35. The fourth-order valence-corrected chi connectivity index (χ4v) is 6.55. The predicted octanol–water partition coefficient (Wildman–Crippen LogP) is 7.40. The van der Waals surface area contributed by atoms with Crippen molar-refractivity contribution in [3.8, 4) is 11.1 Å². The molecule has 1 aliphatic carbocycles. The Hall–Kier alpha value is -3.29. The van der Waals surface area contributed by atoms with Gasteiger partial charge in [-0.2, -0.15) is 0 Å². The minimum Gasteiger partial charge on any atom is -0.320 e. The number of thioether (sulfide) groups is 1. The van der Waals surface area contributed by atoms with E-state index in [1.54, 1.807) is 17.5 Å². The quantitative estimate of drug-likeness (QED) is 0.242. The van der Waals surface area contributed by atoms with Gasteiger partial charge in [0.1, 0.15) is 11.5 Å². The summed E-state index contributed by atoms with van der Waals surface area (Å²) in [5.74, 6) is 0.990. The fraction of sp³-hybridized carbons (Fsp3) is 0.267. The van der Waals surface area contributed by atoms with E-state index in [0.29, 0.717) is 23.1 Å². The maximum absolute atomic E-state index is 13.1. The van der Waals surface area contributed by atoms with Gasteiger partial charge in [0.15, 0.2) is 0 Å². The summed E-state index contributed by atoms with van der Waals surface area (Å²) in [6.45, 7) is 2.05. The molecule has 2 aromatic heterocycles. The summed E-state index contributed by atoms with van der Waals surface area (Å²) in [5.41, 5.74) is 4.42. The van der Waals surface area contributed by atoms with Crippen LogP contribution in [0.1, 0.15) is 52.7 Å². The van der Waals surface area contributed by atoms with Gasteiger partial charge in [-0.25, -0.2) is 9.97 Å². The zero-order valence-electron chi connectivity index (χ0n) is 20.7. The lowest BCUT2D eigenvalue weighted by molar-refractivity contribution is -0.121. The molecule has 1 saturated carbocycles. The van der Waals surface area contributed by atoms with Crippen LogP contribution in [0.5, 0.6) is 0 Å². The Balaban J connectivity index is 1.18. The van der Waals surface area contributed by atoms with Crippen molar-refractivity contribution in [1.82, 2.24) is 9.97 Å². The third-order valence-corrected chi connectivity index (χ3v) is 8.77. The number of ketones is 1. The van der Waals surface area contributed by atoms with E-state index >= 15 is 0 Å². The number of Topliss-reactive ketones (excluding diaryl/α,β-unsaturated/α-hetero) is 1. The van der Waals surface area contributed by atoms with Gasteiger partial charge in [0, 0.05) is 34.7 Å². The minimum atomic E-state index is -0.195. The number of carbonyl (C=O) groups excluding carboxylic acids is 2. The van der Waals surface area contributed by atoms with Crippen LogP contribution >= 0.6 is 23.1 Å². The van der Waals surface area contributed by atoms with Crippen molar-refractivity contribution in [2.45, 2.75) is 43.6 Å². The van der Waals surface area contributed by atoms with Crippen LogP contribution in [0.25, 0.3) is 11.1 Å². The first-order valence-corrected chi connectivity index (χ1v) is 14.4. The number of amides is 1. The van der Waals surface area contributed by atoms with Crippen LogP contribution in [-0.2, 0) is 4.79 Å². The van der Waals surface area contributed by atoms with E-state index in [9.17, 15) is 9.59 Å². The first-order valence-electron chi connectivity index (χ1n) is 12.6. The first kappa shape index (κ1) is 25.4. The molecule has 2 heterocycles. The number of benzene rings is 2. The highest BCUT2D eigenvalue weighted by Crippen LogP contribution is 2.38. The highest BCUT2D eigenvalue weighted by Gasteiger charge is 2.29. The molecular weight excluding hydrogens is 498 g/mol. The standard InChI is InChI=1S/C30H29N3O2S2/c1-20-10-15-25(24(17-20)21-7-3-2-4-8-21)32-29(35)26-18-37-30(33-26)23-13-11-22(12-14-23)27(34)19-36-28-9-5-6-16-31-28/h2-10,15-18,22-23H,11-14,19H2,1H3,(H,32,35). The van der Waals surface area contributed by atoms with Crippen LogP contribution in [0.15, 0.2) is 83.3 Å². The van der Waals surface area contributed by atoms with Crippen molar-refractivity contribution in [2.24, 2.45) is 5.92 Å². The molecule has 0 aliphatic heterocycles. The van der Waals surface area contributed by atoms with Crippen LogP contribution in [-0.4, -0.2) is 27.4 Å². The molecule has 0 saturated heterocycles. The average molecular weight is 528 g/mol. The van der Waals surface area contributed by atoms with E-state index in [-0.39, 0.29) is 11.8 Å². The molecule has 0 atom stereocenters. The normalized spacial score (nSPS) is 17.3. The summed E-state index contributed by atoms with van der Waals surface area (Å²) in [7, 11) is 0. The highest BCUT2D eigenvalue weighted by atomic mass is 32.2. The summed E-state index contributed by atoms with van der Waals surface area (Å²) in [4.78, 5) is 34.8. The first-order chi connectivity index (χ1) is 18.1. The number of hydrogen-bond donors (Lipinski definition) is 1. The van der Waals surface area contributed by atoms with E-state index in [1.165, 1.54) is 11.8 Å². The lowest BCUT2D eigenvalue weighted by atomic mass is 9.80. The number of nitrogens with one attached hydrogen (secondary N) is 1. The maximum atomic E-state index is 13.1. The molecule has 37 heavy (non-hydrogen) atoms. The number of anilines is 1. The van der Waals surface area contributed by atoms with Crippen LogP contribution < -0.4 is 5.32 Å². The van der Waals surface area contributed by atoms with E-state index in [2.05, 4.69) is 16.4 Å². The number of pyridine rings is 1. The second-order valence-corrected chi connectivity index (χ2v) is 11.3. The number of carbonyl (C=O) groups is 2. The number of aromatic nitrogens is 2. The molecule has 0 radical (unpaired) electrons. The molecule has 0 spiro atoms. The summed E-state index contributed by atoms with van der Waals surface area (Å²) < 4.78 is 0. The Labute approximate surface area is 225 Å². The second-order valence-electron chi connectivity index (χ2n) is 9.41. The summed E-state index contributed by atoms with van der Waals surface area (Å²) in [5, 5.41) is 6.80. The molecule has 1 fully saturated rings. The van der Waals surface area contributed by atoms with Crippen molar-refractivity contribution >= 4 is 40.5 Å². The molecule has 5 nitrogen and oxygen atoms in total. The van der Waals surface area contributed by atoms with Crippen LogP contribution in [0.4, 0.5) is 5.69 Å². The Morgan fingerprint density at radius 2 is 1.78 bits per heavy atom. The van der Waals surface area contributed by atoms with Gasteiger partial charge in [0.25, 0.3) is 5.91 Å². The second kappa shape index (κ2) is 11.8. The van der Waals surface area contributed by atoms with Crippen LogP contribution in [0.3, 0.4) is 0 Å². The van der Waals surface area contributed by atoms with Gasteiger partial charge in [-0.1, -0.05) is 59.8 Å². The smallest absolute Gasteiger partial charge is 0.275 e. The Bertz CT molecular complexity index is 1360. The Morgan fingerprint density at radius 3 is 2.54 bits per heavy atom. The topological polar surface area (TPSA) is 72.0 Å². The Morgan fingerprint density at radius 1 is 1.00 bits per heavy atom. The third kappa shape index (κ3) is 6.35.